The maximum absolute atomic E-state index is 13.1. The molecule has 1 aromatic carbocycles. The highest BCUT2D eigenvalue weighted by Crippen LogP contribution is 2.51. The van der Waals surface area contributed by atoms with Crippen LogP contribution in [0.2, 0.25) is 0 Å². The van der Waals surface area contributed by atoms with Crippen LogP contribution in [-0.4, -0.2) is 20.8 Å². The summed E-state index contributed by atoms with van der Waals surface area (Å²) >= 11 is 0. The molecule has 0 aromatic heterocycles. The Labute approximate surface area is 109 Å². The Balaban J connectivity index is 2.60. The van der Waals surface area contributed by atoms with Crippen LogP contribution < -0.4 is 15.2 Å². The van der Waals surface area contributed by atoms with Gasteiger partial charge in [0.2, 0.25) is 0 Å². The van der Waals surface area contributed by atoms with E-state index < -0.39 is 11.7 Å². The van der Waals surface area contributed by atoms with Crippen molar-refractivity contribution in [2.75, 3.05) is 20.8 Å². The van der Waals surface area contributed by atoms with Gasteiger partial charge in [-0.1, -0.05) is 0 Å². The van der Waals surface area contributed by atoms with Gasteiger partial charge in [0.05, 0.1) is 14.2 Å². The first-order chi connectivity index (χ1) is 8.88. The van der Waals surface area contributed by atoms with Crippen molar-refractivity contribution in [3.05, 3.63) is 23.3 Å². The molecule has 0 unspecified atom stereocenters. The van der Waals surface area contributed by atoms with Gasteiger partial charge in [-0.05, 0) is 30.5 Å². The summed E-state index contributed by atoms with van der Waals surface area (Å²) in [5.41, 5.74) is 5.09. The largest absolute Gasteiger partial charge is 0.493 e. The molecule has 0 amide bonds. The van der Waals surface area contributed by atoms with E-state index in [0.29, 0.717) is 12.1 Å². The molecule has 0 atom stereocenters. The molecule has 1 aromatic rings. The van der Waals surface area contributed by atoms with E-state index in [1.54, 1.807) is 6.07 Å². The molecule has 1 saturated carbocycles. The molecule has 1 aliphatic rings. The average Bonchev–Trinajstić information content (AvgIpc) is 3.17. The van der Waals surface area contributed by atoms with Crippen molar-refractivity contribution in [1.82, 2.24) is 0 Å². The lowest BCUT2D eigenvalue weighted by atomic mass is 9.93. The number of benzene rings is 1. The van der Waals surface area contributed by atoms with E-state index in [1.165, 1.54) is 14.2 Å². The molecule has 0 spiro atoms. The highest BCUT2D eigenvalue weighted by Gasteiger charge is 2.45. The molecule has 0 heterocycles. The van der Waals surface area contributed by atoms with E-state index in [-0.39, 0.29) is 16.9 Å². The Morgan fingerprint density at radius 2 is 1.84 bits per heavy atom. The minimum atomic E-state index is -4.49. The first-order valence-corrected chi connectivity index (χ1v) is 5.92. The lowest BCUT2D eigenvalue weighted by molar-refractivity contribution is -0.139. The fourth-order valence-electron chi connectivity index (χ4n) is 2.24. The number of hydrogen-bond acceptors (Lipinski definition) is 3. The van der Waals surface area contributed by atoms with Crippen molar-refractivity contribution in [2.24, 2.45) is 5.73 Å². The molecule has 2 N–H and O–H groups in total. The van der Waals surface area contributed by atoms with Crippen molar-refractivity contribution < 1.29 is 22.6 Å². The lowest BCUT2D eigenvalue weighted by Gasteiger charge is -2.20. The van der Waals surface area contributed by atoms with Gasteiger partial charge in [0.1, 0.15) is 5.56 Å². The highest BCUT2D eigenvalue weighted by molar-refractivity contribution is 5.53. The van der Waals surface area contributed by atoms with Crippen LogP contribution in [0.15, 0.2) is 12.1 Å². The third kappa shape index (κ3) is 2.36. The number of alkyl halides is 3. The van der Waals surface area contributed by atoms with Gasteiger partial charge in [-0.2, -0.15) is 13.2 Å². The molecule has 2 rings (SSSR count). The summed E-state index contributed by atoms with van der Waals surface area (Å²) in [6, 6.07) is 2.72. The van der Waals surface area contributed by atoms with Crippen molar-refractivity contribution in [3.8, 4) is 11.5 Å². The molecule has 0 bridgehead atoms. The first kappa shape index (κ1) is 14.0. The van der Waals surface area contributed by atoms with Crippen LogP contribution in [0.1, 0.15) is 24.0 Å². The standard InChI is InChI=1S/C13H16F3NO2/c1-18-10-6-8(12(7-17)3-4-12)5-9(11(10)19-2)13(14,15)16/h5-6H,3-4,7,17H2,1-2H3. The average molecular weight is 275 g/mol. The molecule has 0 aliphatic heterocycles. The molecular weight excluding hydrogens is 259 g/mol. The minimum Gasteiger partial charge on any atom is -0.493 e. The Hall–Kier alpha value is -1.43. The SMILES string of the molecule is COc1cc(C2(CN)CC2)cc(C(F)(F)F)c1OC. The Kier molecular flexibility index (Phi) is 3.38. The Bertz CT molecular complexity index is 482. The van der Waals surface area contributed by atoms with Crippen molar-refractivity contribution in [2.45, 2.75) is 24.4 Å². The summed E-state index contributed by atoms with van der Waals surface area (Å²) in [6.45, 7) is 0.333. The summed E-state index contributed by atoms with van der Waals surface area (Å²) in [7, 11) is 2.52. The normalized spacial score (nSPS) is 17.2. The van der Waals surface area contributed by atoms with Crippen LogP contribution in [0.5, 0.6) is 11.5 Å². The zero-order valence-electron chi connectivity index (χ0n) is 10.8. The van der Waals surface area contributed by atoms with Crippen molar-refractivity contribution in [3.63, 3.8) is 0 Å². The van der Waals surface area contributed by atoms with Crippen LogP contribution in [0.4, 0.5) is 13.2 Å². The number of rotatable bonds is 4. The quantitative estimate of drug-likeness (QED) is 0.919. The predicted molar refractivity (Wildman–Crippen MR) is 64.5 cm³/mol. The molecule has 0 radical (unpaired) electrons. The van der Waals surface area contributed by atoms with Gasteiger partial charge in [-0.15, -0.1) is 0 Å². The molecule has 1 aliphatic carbocycles. The van der Waals surface area contributed by atoms with Gasteiger partial charge in [0.25, 0.3) is 0 Å². The van der Waals surface area contributed by atoms with Gasteiger partial charge < -0.3 is 15.2 Å². The van der Waals surface area contributed by atoms with Crippen molar-refractivity contribution >= 4 is 0 Å². The minimum absolute atomic E-state index is 0.0899. The number of methoxy groups -OCH3 is 2. The van der Waals surface area contributed by atoms with E-state index in [0.717, 1.165) is 18.9 Å². The maximum Gasteiger partial charge on any atom is 0.420 e. The van der Waals surface area contributed by atoms with Crippen LogP contribution in [0, 0.1) is 0 Å². The van der Waals surface area contributed by atoms with E-state index >= 15 is 0 Å². The fraction of sp³-hybridized carbons (Fsp3) is 0.538. The molecule has 6 heteroatoms. The zero-order valence-corrected chi connectivity index (χ0v) is 10.8. The Morgan fingerprint density at radius 3 is 2.21 bits per heavy atom. The van der Waals surface area contributed by atoms with Gasteiger partial charge in [0.15, 0.2) is 11.5 Å². The second-order valence-electron chi connectivity index (χ2n) is 4.74. The molecule has 1 fully saturated rings. The Morgan fingerprint density at radius 1 is 1.21 bits per heavy atom. The predicted octanol–water partition coefficient (Wildman–Crippen LogP) is 2.71. The van der Waals surface area contributed by atoms with Gasteiger partial charge in [-0.25, -0.2) is 0 Å². The number of halogens is 3. The molecule has 106 valence electrons. The topological polar surface area (TPSA) is 44.5 Å². The van der Waals surface area contributed by atoms with E-state index in [2.05, 4.69) is 0 Å². The van der Waals surface area contributed by atoms with Crippen molar-refractivity contribution in [1.29, 1.82) is 0 Å². The first-order valence-electron chi connectivity index (χ1n) is 5.92. The second kappa shape index (κ2) is 4.59. The van der Waals surface area contributed by atoms with Gasteiger partial charge in [-0.3, -0.25) is 0 Å². The third-order valence-electron chi connectivity index (χ3n) is 3.64. The van der Waals surface area contributed by atoms with E-state index in [1.807, 2.05) is 0 Å². The highest BCUT2D eigenvalue weighted by atomic mass is 19.4. The van der Waals surface area contributed by atoms with Crippen LogP contribution in [0.3, 0.4) is 0 Å². The number of hydrogen-bond donors (Lipinski definition) is 1. The third-order valence-corrected chi connectivity index (χ3v) is 3.64. The lowest BCUT2D eigenvalue weighted by Crippen LogP contribution is -2.21. The summed E-state index contributed by atoms with van der Waals surface area (Å²) in [5.74, 6) is -0.196. The second-order valence-corrected chi connectivity index (χ2v) is 4.74. The van der Waals surface area contributed by atoms with Crippen LogP contribution in [0.25, 0.3) is 0 Å². The van der Waals surface area contributed by atoms with Crippen LogP contribution in [-0.2, 0) is 11.6 Å². The number of ether oxygens (including phenoxy) is 2. The monoisotopic (exact) mass is 275 g/mol. The summed E-state index contributed by atoms with van der Waals surface area (Å²) in [6.07, 6.45) is -2.88. The summed E-state index contributed by atoms with van der Waals surface area (Å²) in [5, 5.41) is 0. The maximum atomic E-state index is 13.1. The summed E-state index contributed by atoms with van der Waals surface area (Å²) < 4.78 is 49.1. The smallest absolute Gasteiger partial charge is 0.420 e. The number of nitrogens with two attached hydrogens (primary N) is 1. The van der Waals surface area contributed by atoms with E-state index in [9.17, 15) is 13.2 Å². The molecule has 3 nitrogen and oxygen atoms in total. The zero-order chi connectivity index (χ0) is 14.3. The summed E-state index contributed by atoms with van der Waals surface area (Å²) in [4.78, 5) is 0. The van der Waals surface area contributed by atoms with Gasteiger partial charge >= 0.3 is 6.18 Å². The fourth-order valence-corrected chi connectivity index (χ4v) is 2.24. The molecular formula is C13H16F3NO2. The van der Waals surface area contributed by atoms with E-state index in [4.69, 9.17) is 15.2 Å². The van der Waals surface area contributed by atoms with Gasteiger partial charge in [0, 0.05) is 12.0 Å². The van der Waals surface area contributed by atoms with Crippen LogP contribution >= 0.6 is 0 Å². The molecule has 19 heavy (non-hydrogen) atoms. The molecule has 0 saturated heterocycles.